The van der Waals surface area contributed by atoms with Crippen molar-refractivity contribution in [2.75, 3.05) is 24.5 Å². The minimum absolute atomic E-state index is 0.0465. The van der Waals surface area contributed by atoms with Gasteiger partial charge in [0.25, 0.3) is 0 Å². The van der Waals surface area contributed by atoms with Gasteiger partial charge in [-0.2, -0.15) is 0 Å². The largest absolute Gasteiger partial charge is 0.409 e. The zero-order valence-corrected chi connectivity index (χ0v) is 11.7. The first kappa shape index (κ1) is 13.2. The highest BCUT2D eigenvalue weighted by atomic mass is 16.4. The number of rotatable bonds is 2. The molecular weight excluding hydrogens is 254 g/mol. The van der Waals surface area contributed by atoms with Gasteiger partial charge in [-0.3, -0.25) is 9.88 Å². The number of hydrogen-bond acceptors (Lipinski definition) is 5. The first-order chi connectivity index (χ1) is 9.69. The molecule has 2 aliphatic rings. The van der Waals surface area contributed by atoms with Crippen LogP contribution in [0.3, 0.4) is 0 Å². The van der Waals surface area contributed by atoms with E-state index in [-0.39, 0.29) is 5.84 Å². The maximum absolute atomic E-state index is 8.66. The third-order valence-corrected chi connectivity index (χ3v) is 4.39. The molecule has 2 saturated heterocycles. The molecule has 20 heavy (non-hydrogen) atoms. The SMILES string of the molecule is CC1CN2CCCC2CN1c1ccc(/C(N)=N/O)nc1. The van der Waals surface area contributed by atoms with Gasteiger partial charge in [-0.05, 0) is 38.4 Å². The molecule has 2 fully saturated rings. The molecule has 6 heteroatoms. The number of hydrogen-bond donors (Lipinski definition) is 2. The molecule has 2 atom stereocenters. The Morgan fingerprint density at radius 1 is 1.45 bits per heavy atom. The Kier molecular flexibility index (Phi) is 3.48. The van der Waals surface area contributed by atoms with E-state index in [1.165, 1.54) is 19.4 Å². The van der Waals surface area contributed by atoms with Crippen molar-refractivity contribution in [2.24, 2.45) is 10.9 Å². The molecule has 0 bridgehead atoms. The normalized spacial score (nSPS) is 27.6. The van der Waals surface area contributed by atoms with E-state index >= 15 is 0 Å². The highest BCUT2D eigenvalue weighted by Crippen LogP contribution is 2.28. The van der Waals surface area contributed by atoms with Gasteiger partial charge in [0.05, 0.1) is 11.9 Å². The van der Waals surface area contributed by atoms with Crippen LogP contribution in [-0.2, 0) is 0 Å². The predicted molar refractivity (Wildman–Crippen MR) is 78.2 cm³/mol. The number of oxime groups is 1. The van der Waals surface area contributed by atoms with Crippen LogP contribution in [-0.4, -0.2) is 52.6 Å². The Balaban J connectivity index is 1.78. The van der Waals surface area contributed by atoms with Crippen molar-refractivity contribution >= 4 is 11.5 Å². The summed E-state index contributed by atoms with van der Waals surface area (Å²) in [7, 11) is 0. The second-order valence-electron chi connectivity index (χ2n) is 5.68. The third-order valence-electron chi connectivity index (χ3n) is 4.39. The van der Waals surface area contributed by atoms with E-state index in [1.54, 1.807) is 6.07 Å². The quantitative estimate of drug-likeness (QED) is 0.362. The first-order valence-corrected chi connectivity index (χ1v) is 7.13. The van der Waals surface area contributed by atoms with Gasteiger partial charge in [-0.15, -0.1) is 0 Å². The van der Waals surface area contributed by atoms with Gasteiger partial charge in [-0.1, -0.05) is 5.16 Å². The Hall–Kier alpha value is -1.82. The molecule has 1 aromatic rings. The predicted octanol–water partition coefficient (Wildman–Crippen LogP) is 0.849. The number of nitrogens with zero attached hydrogens (tertiary/aromatic N) is 4. The average molecular weight is 275 g/mol. The van der Waals surface area contributed by atoms with Crippen molar-refractivity contribution in [3.8, 4) is 0 Å². The fourth-order valence-electron chi connectivity index (χ4n) is 3.31. The highest BCUT2D eigenvalue weighted by Gasteiger charge is 2.34. The summed E-state index contributed by atoms with van der Waals surface area (Å²) >= 11 is 0. The van der Waals surface area contributed by atoms with E-state index in [2.05, 4.69) is 26.9 Å². The fourth-order valence-corrected chi connectivity index (χ4v) is 3.31. The van der Waals surface area contributed by atoms with Crippen LogP contribution in [0, 0.1) is 0 Å². The van der Waals surface area contributed by atoms with Crippen molar-refractivity contribution < 1.29 is 5.21 Å². The number of piperazine rings is 1. The molecule has 0 aliphatic carbocycles. The second-order valence-corrected chi connectivity index (χ2v) is 5.68. The lowest BCUT2D eigenvalue weighted by atomic mass is 10.1. The van der Waals surface area contributed by atoms with E-state index in [0.717, 1.165) is 18.8 Å². The summed E-state index contributed by atoms with van der Waals surface area (Å²) < 4.78 is 0. The number of pyridine rings is 1. The van der Waals surface area contributed by atoms with Crippen molar-refractivity contribution in [1.82, 2.24) is 9.88 Å². The summed E-state index contributed by atoms with van der Waals surface area (Å²) in [5.74, 6) is 0.0465. The van der Waals surface area contributed by atoms with Crippen LogP contribution in [0.4, 0.5) is 5.69 Å². The van der Waals surface area contributed by atoms with Crippen LogP contribution in [0.1, 0.15) is 25.5 Å². The third kappa shape index (κ3) is 2.31. The maximum atomic E-state index is 8.66. The van der Waals surface area contributed by atoms with Gasteiger partial charge in [-0.25, -0.2) is 0 Å². The highest BCUT2D eigenvalue weighted by molar-refractivity contribution is 5.95. The standard InChI is InChI=1S/C14H21N5O/c1-10-8-18-6-2-3-12(18)9-19(10)11-4-5-13(16-7-11)14(15)17-20/h4-5,7,10,12,20H,2-3,6,8-9H2,1H3,(H2,15,17). The zero-order chi connectivity index (χ0) is 14.1. The first-order valence-electron chi connectivity index (χ1n) is 7.13. The molecule has 0 amide bonds. The molecule has 3 rings (SSSR count). The Morgan fingerprint density at radius 2 is 2.30 bits per heavy atom. The molecule has 2 unspecified atom stereocenters. The van der Waals surface area contributed by atoms with Crippen LogP contribution in [0.25, 0.3) is 0 Å². The molecule has 6 nitrogen and oxygen atoms in total. The van der Waals surface area contributed by atoms with E-state index < -0.39 is 0 Å². The lowest BCUT2D eigenvalue weighted by molar-refractivity contribution is 0.203. The lowest BCUT2D eigenvalue weighted by Crippen LogP contribution is -2.55. The summed E-state index contributed by atoms with van der Waals surface area (Å²) in [6.07, 6.45) is 4.42. The lowest BCUT2D eigenvalue weighted by Gasteiger charge is -2.43. The smallest absolute Gasteiger partial charge is 0.188 e. The molecule has 0 aromatic carbocycles. The maximum Gasteiger partial charge on any atom is 0.188 e. The average Bonchev–Trinajstić information content (AvgIpc) is 2.93. The molecule has 0 radical (unpaired) electrons. The van der Waals surface area contributed by atoms with Crippen molar-refractivity contribution in [1.29, 1.82) is 0 Å². The monoisotopic (exact) mass is 275 g/mol. The summed E-state index contributed by atoms with van der Waals surface area (Å²) in [6.45, 7) is 5.67. The topological polar surface area (TPSA) is 78.0 Å². The molecule has 0 saturated carbocycles. The summed E-state index contributed by atoms with van der Waals surface area (Å²) in [4.78, 5) is 9.28. The number of aromatic nitrogens is 1. The van der Waals surface area contributed by atoms with Crippen LogP contribution in [0.5, 0.6) is 0 Å². The summed E-state index contributed by atoms with van der Waals surface area (Å²) in [6, 6.07) is 4.97. The molecule has 3 heterocycles. The van der Waals surface area contributed by atoms with Gasteiger partial charge >= 0.3 is 0 Å². The molecule has 0 spiro atoms. The van der Waals surface area contributed by atoms with Gasteiger partial charge in [0.15, 0.2) is 5.84 Å². The van der Waals surface area contributed by atoms with E-state index in [4.69, 9.17) is 10.9 Å². The Labute approximate surface area is 118 Å². The number of fused-ring (bicyclic) bond motifs is 1. The minimum atomic E-state index is 0.0465. The van der Waals surface area contributed by atoms with Gasteiger partial charge < -0.3 is 15.8 Å². The molecule has 1 aromatic heterocycles. The molecule has 2 aliphatic heterocycles. The zero-order valence-electron chi connectivity index (χ0n) is 11.7. The van der Waals surface area contributed by atoms with Crippen LogP contribution in [0.2, 0.25) is 0 Å². The molecular formula is C14H21N5O. The van der Waals surface area contributed by atoms with Crippen molar-refractivity contribution in [3.05, 3.63) is 24.0 Å². The summed E-state index contributed by atoms with van der Waals surface area (Å²) in [5, 5.41) is 11.6. The number of nitrogens with two attached hydrogens (primary N) is 1. The van der Waals surface area contributed by atoms with Crippen LogP contribution in [0.15, 0.2) is 23.5 Å². The van der Waals surface area contributed by atoms with Crippen LogP contribution >= 0.6 is 0 Å². The summed E-state index contributed by atoms with van der Waals surface area (Å²) in [5.41, 5.74) is 7.15. The Bertz CT molecular complexity index is 501. The van der Waals surface area contributed by atoms with Crippen molar-refractivity contribution in [3.63, 3.8) is 0 Å². The van der Waals surface area contributed by atoms with E-state index in [1.807, 2.05) is 12.3 Å². The fraction of sp³-hybridized carbons (Fsp3) is 0.571. The van der Waals surface area contributed by atoms with Gasteiger partial charge in [0.2, 0.25) is 0 Å². The Morgan fingerprint density at radius 3 is 3.00 bits per heavy atom. The molecule has 3 N–H and O–H groups in total. The number of amidine groups is 1. The van der Waals surface area contributed by atoms with Gasteiger partial charge in [0, 0.05) is 25.2 Å². The molecule has 108 valence electrons. The van der Waals surface area contributed by atoms with Gasteiger partial charge in [0.1, 0.15) is 5.69 Å². The minimum Gasteiger partial charge on any atom is -0.409 e. The van der Waals surface area contributed by atoms with E-state index in [9.17, 15) is 0 Å². The second kappa shape index (κ2) is 5.28. The van der Waals surface area contributed by atoms with E-state index in [0.29, 0.717) is 17.8 Å². The van der Waals surface area contributed by atoms with Crippen molar-refractivity contribution in [2.45, 2.75) is 31.8 Å². The number of anilines is 1. The van der Waals surface area contributed by atoms with Crippen LogP contribution < -0.4 is 10.6 Å².